The fourth-order valence-corrected chi connectivity index (χ4v) is 1.95. The van der Waals surface area contributed by atoms with E-state index in [1.165, 1.54) is 12.1 Å². The largest absolute Gasteiger partial charge is 0.321 e. The maximum absolute atomic E-state index is 13.1. The molecule has 0 unspecified atom stereocenters. The Balaban J connectivity index is 2.15. The van der Waals surface area contributed by atoms with Crippen LogP contribution in [0, 0.1) is 19.7 Å². The third-order valence-electron chi connectivity index (χ3n) is 2.71. The first-order valence-corrected chi connectivity index (χ1v) is 5.78. The number of benzene rings is 1. The van der Waals surface area contributed by atoms with Gasteiger partial charge in [0.05, 0.1) is 6.54 Å². The summed E-state index contributed by atoms with van der Waals surface area (Å²) in [5, 5.41) is 0.571. The van der Waals surface area contributed by atoms with Crippen LogP contribution in [-0.4, -0.2) is 4.68 Å². The molecule has 1 aromatic carbocycles. The van der Waals surface area contributed by atoms with Crippen molar-refractivity contribution in [2.24, 2.45) is 0 Å². The van der Waals surface area contributed by atoms with Gasteiger partial charge in [-0.1, -0.05) is 11.6 Å². The second kappa shape index (κ2) is 4.80. The maximum Gasteiger partial charge on any atom is 0.123 e. The van der Waals surface area contributed by atoms with Crippen LogP contribution >= 0.6 is 11.6 Å². The van der Waals surface area contributed by atoms with Gasteiger partial charge >= 0.3 is 0 Å². The Morgan fingerprint density at radius 2 is 1.82 bits per heavy atom. The summed E-state index contributed by atoms with van der Waals surface area (Å²) in [5.41, 5.74) is 6.17. The van der Waals surface area contributed by atoms with Gasteiger partial charge in [0.25, 0.3) is 0 Å². The van der Waals surface area contributed by atoms with Gasteiger partial charge in [0.15, 0.2) is 0 Å². The number of nitrogens with one attached hydrogen (secondary N) is 1. The Labute approximate surface area is 105 Å². The van der Waals surface area contributed by atoms with Crippen LogP contribution < -0.4 is 5.43 Å². The van der Waals surface area contributed by atoms with Crippen molar-refractivity contribution in [3.05, 3.63) is 58.1 Å². The molecule has 0 fully saturated rings. The average molecular weight is 253 g/mol. The lowest BCUT2D eigenvalue weighted by Crippen LogP contribution is -2.17. The molecule has 2 rings (SSSR count). The van der Waals surface area contributed by atoms with Crippen molar-refractivity contribution in [3.8, 4) is 0 Å². The van der Waals surface area contributed by atoms with Crippen molar-refractivity contribution >= 4 is 11.6 Å². The zero-order chi connectivity index (χ0) is 12.4. The number of aromatic nitrogens is 1. The van der Waals surface area contributed by atoms with Gasteiger partial charge in [0.2, 0.25) is 0 Å². The van der Waals surface area contributed by atoms with E-state index in [2.05, 4.69) is 5.43 Å². The van der Waals surface area contributed by atoms with Crippen molar-refractivity contribution in [2.75, 3.05) is 5.43 Å². The molecular weight excluding hydrogens is 239 g/mol. The lowest BCUT2D eigenvalue weighted by molar-refractivity contribution is 0.625. The van der Waals surface area contributed by atoms with E-state index >= 15 is 0 Å². The first kappa shape index (κ1) is 12.0. The van der Waals surface area contributed by atoms with Gasteiger partial charge in [0, 0.05) is 16.4 Å². The summed E-state index contributed by atoms with van der Waals surface area (Å²) in [4.78, 5) is 0. The Bertz CT molecular complexity index is 515. The topological polar surface area (TPSA) is 17.0 Å². The van der Waals surface area contributed by atoms with Crippen LogP contribution in [0.15, 0.2) is 30.3 Å². The van der Waals surface area contributed by atoms with Gasteiger partial charge in [-0.05, 0) is 49.7 Å². The van der Waals surface area contributed by atoms with Gasteiger partial charge in [0.1, 0.15) is 5.82 Å². The second-order valence-corrected chi connectivity index (χ2v) is 4.43. The summed E-state index contributed by atoms with van der Waals surface area (Å²) >= 11 is 6.00. The zero-order valence-electron chi connectivity index (χ0n) is 9.80. The quantitative estimate of drug-likeness (QED) is 0.883. The molecule has 0 aliphatic rings. The van der Waals surface area contributed by atoms with Crippen LogP contribution in [0.2, 0.25) is 5.02 Å². The standard InChI is InChI=1S/C13H14ClFN2/c1-9-3-4-10(2)17(9)16-8-11-7-12(15)5-6-13(11)14/h3-7,16H,8H2,1-2H3. The Hall–Kier alpha value is -1.48. The van der Waals surface area contributed by atoms with Crippen LogP contribution in [0.4, 0.5) is 4.39 Å². The Morgan fingerprint density at radius 3 is 2.47 bits per heavy atom. The Kier molecular flexibility index (Phi) is 3.38. The minimum absolute atomic E-state index is 0.271. The van der Waals surface area contributed by atoms with Crippen molar-refractivity contribution in [1.29, 1.82) is 0 Å². The van der Waals surface area contributed by atoms with Crippen LogP contribution in [-0.2, 0) is 6.54 Å². The molecule has 0 saturated heterocycles. The van der Waals surface area contributed by atoms with Crippen LogP contribution in [0.3, 0.4) is 0 Å². The van der Waals surface area contributed by atoms with E-state index in [1.807, 2.05) is 30.7 Å². The number of halogens is 2. The van der Waals surface area contributed by atoms with Gasteiger partial charge < -0.3 is 5.43 Å². The van der Waals surface area contributed by atoms with Gasteiger partial charge in [-0.3, -0.25) is 4.68 Å². The zero-order valence-corrected chi connectivity index (χ0v) is 10.6. The van der Waals surface area contributed by atoms with E-state index in [9.17, 15) is 4.39 Å². The molecule has 4 heteroatoms. The van der Waals surface area contributed by atoms with Crippen LogP contribution in [0.25, 0.3) is 0 Å². The van der Waals surface area contributed by atoms with Crippen molar-refractivity contribution in [3.63, 3.8) is 0 Å². The first-order chi connectivity index (χ1) is 8.08. The highest BCUT2D eigenvalue weighted by Crippen LogP contribution is 2.17. The fourth-order valence-electron chi connectivity index (χ4n) is 1.76. The maximum atomic E-state index is 13.1. The third-order valence-corrected chi connectivity index (χ3v) is 3.08. The number of aryl methyl sites for hydroxylation is 2. The molecule has 1 heterocycles. The lowest BCUT2D eigenvalue weighted by atomic mass is 10.2. The molecule has 0 amide bonds. The summed E-state index contributed by atoms with van der Waals surface area (Å²) in [6.45, 7) is 4.51. The molecule has 1 N–H and O–H groups in total. The van der Waals surface area contributed by atoms with E-state index < -0.39 is 0 Å². The summed E-state index contributed by atoms with van der Waals surface area (Å²) in [7, 11) is 0. The highest BCUT2D eigenvalue weighted by atomic mass is 35.5. The predicted molar refractivity (Wildman–Crippen MR) is 68.4 cm³/mol. The molecule has 90 valence electrons. The Morgan fingerprint density at radius 1 is 1.18 bits per heavy atom. The number of hydrogen-bond acceptors (Lipinski definition) is 1. The minimum atomic E-state index is -0.271. The average Bonchev–Trinajstić information content (AvgIpc) is 2.61. The SMILES string of the molecule is Cc1ccc(C)n1NCc1cc(F)ccc1Cl. The normalized spacial score (nSPS) is 10.6. The molecule has 2 nitrogen and oxygen atoms in total. The van der Waals surface area contributed by atoms with Gasteiger partial charge in [-0.15, -0.1) is 0 Å². The highest BCUT2D eigenvalue weighted by molar-refractivity contribution is 6.31. The first-order valence-electron chi connectivity index (χ1n) is 5.40. The minimum Gasteiger partial charge on any atom is -0.321 e. The monoisotopic (exact) mass is 252 g/mol. The van der Waals surface area contributed by atoms with E-state index in [4.69, 9.17) is 11.6 Å². The van der Waals surface area contributed by atoms with E-state index in [0.717, 1.165) is 17.0 Å². The van der Waals surface area contributed by atoms with Crippen molar-refractivity contribution in [2.45, 2.75) is 20.4 Å². The molecule has 0 bridgehead atoms. The fraction of sp³-hybridized carbons (Fsp3) is 0.231. The van der Waals surface area contributed by atoms with Crippen molar-refractivity contribution in [1.82, 2.24) is 4.68 Å². The molecule has 1 aromatic heterocycles. The highest BCUT2D eigenvalue weighted by Gasteiger charge is 2.04. The summed E-state index contributed by atoms with van der Waals surface area (Å²) in [5.74, 6) is -0.271. The molecule has 0 aliphatic carbocycles. The molecule has 0 spiro atoms. The number of rotatable bonds is 3. The predicted octanol–water partition coefficient (Wildman–Crippen LogP) is 3.64. The summed E-state index contributed by atoms with van der Waals surface area (Å²) < 4.78 is 15.0. The number of nitrogens with zero attached hydrogens (tertiary/aromatic N) is 1. The van der Waals surface area contributed by atoms with E-state index in [1.54, 1.807) is 6.07 Å². The van der Waals surface area contributed by atoms with E-state index in [-0.39, 0.29) is 5.82 Å². The second-order valence-electron chi connectivity index (χ2n) is 4.02. The van der Waals surface area contributed by atoms with Crippen molar-refractivity contribution < 1.29 is 4.39 Å². The lowest BCUT2D eigenvalue weighted by Gasteiger charge is -2.13. The molecule has 0 atom stereocenters. The molecule has 0 aliphatic heterocycles. The molecule has 17 heavy (non-hydrogen) atoms. The summed E-state index contributed by atoms with van der Waals surface area (Å²) in [6, 6.07) is 8.43. The van der Waals surface area contributed by atoms with Crippen LogP contribution in [0.1, 0.15) is 17.0 Å². The van der Waals surface area contributed by atoms with E-state index in [0.29, 0.717) is 11.6 Å². The van der Waals surface area contributed by atoms with Crippen LogP contribution in [0.5, 0.6) is 0 Å². The number of hydrogen-bond donors (Lipinski definition) is 1. The molecule has 0 radical (unpaired) electrons. The van der Waals surface area contributed by atoms with Gasteiger partial charge in [-0.25, -0.2) is 4.39 Å². The molecular formula is C13H14ClFN2. The third kappa shape index (κ3) is 2.61. The van der Waals surface area contributed by atoms with Gasteiger partial charge in [-0.2, -0.15) is 0 Å². The summed E-state index contributed by atoms with van der Waals surface area (Å²) in [6.07, 6.45) is 0. The molecule has 2 aromatic rings. The smallest absolute Gasteiger partial charge is 0.123 e. The molecule has 0 saturated carbocycles.